The number of benzene rings is 1. The van der Waals surface area contributed by atoms with Gasteiger partial charge in [0.2, 0.25) is 5.91 Å². The largest absolute Gasteiger partial charge is 0.478 e. The molecule has 6 heteroatoms. The number of carboxylic acids is 1. The Kier molecular flexibility index (Phi) is 5.50. The van der Waals surface area contributed by atoms with E-state index < -0.39 is 16.8 Å². The van der Waals surface area contributed by atoms with Gasteiger partial charge in [0.1, 0.15) is 5.75 Å². The predicted molar refractivity (Wildman–Crippen MR) is 79.7 cm³/mol. The normalized spacial score (nSPS) is 17.1. The Labute approximate surface area is 126 Å². The molecule has 21 heavy (non-hydrogen) atoms. The van der Waals surface area contributed by atoms with Gasteiger partial charge in [-0.15, -0.1) is 0 Å². The quantitative estimate of drug-likeness (QED) is 0.870. The fourth-order valence-electron chi connectivity index (χ4n) is 2.47. The summed E-state index contributed by atoms with van der Waals surface area (Å²) in [6.45, 7) is 0. The number of rotatable bonds is 5. The summed E-state index contributed by atoms with van der Waals surface area (Å²) in [6.07, 6.45) is 5.46. The number of carbonyl (C=O) groups is 2. The minimum atomic E-state index is -1.44. The molecule has 2 rings (SSSR count). The van der Waals surface area contributed by atoms with Gasteiger partial charge in [0.05, 0.1) is 16.4 Å². The van der Waals surface area contributed by atoms with Crippen molar-refractivity contribution in [3.8, 4) is 0 Å². The third kappa shape index (κ3) is 4.67. The number of carbonyl (C=O) groups excluding carboxylic acids is 1. The number of aromatic carboxylic acids is 1. The summed E-state index contributed by atoms with van der Waals surface area (Å²) in [5.74, 6) is -1.31. The highest BCUT2D eigenvalue weighted by Gasteiger charge is 2.17. The molecule has 0 aromatic heterocycles. The molecule has 0 heterocycles. The van der Waals surface area contributed by atoms with E-state index in [1.165, 1.54) is 30.7 Å². The monoisotopic (exact) mass is 309 g/mol. The zero-order valence-electron chi connectivity index (χ0n) is 11.7. The number of amides is 1. The van der Waals surface area contributed by atoms with Crippen LogP contribution in [0.3, 0.4) is 0 Å². The summed E-state index contributed by atoms with van der Waals surface area (Å²) in [5.41, 5.74) is 0.141. The maximum atomic E-state index is 12.1. The Morgan fingerprint density at radius 1 is 1.14 bits per heavy atom. The van der Waals surface area contributed by atoms with Crippen molar-refractivity contribution in [2.75, 3.05) is 5.75 Å². The Morgan fingerprint density at radius 2 is 1.76 bits per heavy atom. The van der Waals surface area contributed by atoms with E-state index in [4.69, 9.17) is 5.11 Å². The molecule has 1 saturated carbocycles. The minimum absolute atomic E-state index is 0.0804. The first-order valence-electron chi connectivity index (χ1n) is 7.07. The molecule has 1 amide bonds. The second-order valence-corrected chi connectivity index (χ2v) is 6.67. The van der Waals surface area contributed by atoms with E-state index >= 15 is 0 Å². The fraction of sp³-hybridized carbons (Fsp3) is 0.467. The first-order chi connectivity index (χ1) is 10.1. The van der Waals surface area contributed by atoms with Crippen molar-refractivity contribution in [2.24, 2.45) is 0 Å². The van der Waals surface area contributed by atoms with Crippen LogP contribution >= 0.6 is 0 Å². The second kappa shape index (κ2) is 7.36. The summed E-state index contributed by atoms with van der Waals surface area (Å²) in [7, 11) is -1.44. The van der Waals surface area contributed by atoms with Crippen molar-refractivity contribution >= 4 is 22.7 Å². The van der Waals surface area contributed by atoms with Crippen molar-refractivity contribution < 1.29 is 18.9 Å². The number of carboxylic acid groups (broad SMARTS) is 1. The SMILES string of the molecule is O=C(CS(=O)c1ccc(C(=O)O)cc1)NC1CCCCC1. The Morgan fingerprint density at radius 3 is 2.33 bits per heavy atom. The summed E-state index contributed by atoms with van der Waals surface area (Å²) in [6, 6.07) is 5.99. The summed E-state index contributed by atoms with van der Waals surface area (Å²) >= 11 is 0. The van der Waals surface area contributed by atoms with Crippen LogP contribution < -0.4 is 5.32 Å². The van der Waals surface area contributed by atoms with Gasteiger partial charge >= 0.3 is 5.97 Å². The van der Waals surface area contributed by atoms with Crippen LogP contribution in [0, 0.1) is 0 Å². The van der Waals surface area contributed by atoms with Crippen molar-refractivity contribution in [3.63, 3.8) is 0 Å². The zero-order valence-corrected chi connectivity index (χ0v) is 12.5. The van der Waals surface area contributed by atoms with Crippen LogP contribution in [0.5, 0.6) is 0 Å². The molecule has 0 spiro atoms. The summed E-state index contributed by atoms with van der Waals surface area (Å²) < 4.78 is 12.1. The summed E-state index contributed by atoms with van der Waals surface area (Å²) in [4.78, 5) is 23.1. The molecule has 1 aromatic rings. The molecule has 0 radical (unpaired) electrons. The van der Waals surface area contributed by atoms with Crippen molar-refractivity contribution in [2.45, 2.75) is 43.0 Å². The van der Waals surface area contributed by atoms with E-state index in [0.29, 0.717) is 4.90 Å². The number of nitrogens with one attached hydrogen (secondary N) is 1. The van der Waals surface area contributed by atoms with Gasteiger partial charge in [0, 0.05) is 10.9 Å². The molecule has 1 aromatic carbocycles. The van der Waals surface area contributed by atoms with Crippen LogP contribution in [-0.2, 0) is 15.6 Å². The van der Waals surface area contributed by atoms with Gasteiger partial charge in [-0.05, 0) is 37.1 Å². The Hall–Kier alpha value is -1.69. The van der Waals surface area contributed by atoms with E-state index in [0.717, 1.165) is 25.7 Å². The number of hydrogen-bond acceptors (Lipinski definition) is 3. The highest BCUT2D eigenvalue weighted by atomic mass is 32.2. The summed E-state index contributed by atoms with van der Waals surface area (Å²) in [5, 5.41) is 11.7. The zero-order chi connectivity index (χ0) is 15.2. The highest BCUT2D eigenvalue weighted by Crippen LogP contribution is 2.17. The van der Waals surface area contributed by atoms with Gasteiger partial charge in [-0.3, -0.25) is 9.00 Å². The lowest BCUT2D eigenvalue weighted by Crippen LogP contribution is -2.38. The minimum Gasteiger partial charge on any atom is -0.478 e. The van der Waals surface area contributed by atoms with Gasteiger partial charge in [-0.2, -0.15) is 0 Å². The lowest BCUT2D eigenvalue weighted by molar-refractivity contribution is -0.119. The lowest BCUT2D eigenvalue weighted by Gasteiger charge is -2.22. The molecule has 0 saturated heterocycles. The van der Waals surface area contributed by atoms with Crippen molar-refractivity contribution in [3.05, 3.63) is 29.8 Å². The number of hydrogen-bond donors (Lipinski definition) is 2. The van der Waals surface area contributed by atoms with Gasteiger partial charge < -0.3 is 10.4 Å². The Balaban J connectivity index is 1.87. The van der Waals surface area contributed by atoms with Crippen LogP contribution in [0.1, 0.15) is 42.5 Å². The third-order valence-electron chi connectivity index (χ3n) is 3.60. The van der Waals surface area contributed by atoms with Crippen LogP contribution in [0.25, 0.3) is 0 Å². The van der Waals surface area contributed by atoms with Crippen LogP contribution in [0.4, 0.5) is 0 Å². The van der Waals surface area contributed by atoms with E-state index in [9.17, 15) is 13.8 Å². The molecular formula is C15H19NO4S. The lowest BCUT2D eigenvalue weighted by atomic mass is 9.95. The van der Waals surface area contributed by atoms with E-state index in [1.54, 1.807) is 0 Å². The second-order valence-electron chi connectivity index (χ2n) is 5.22. The molecular weight excluding hydrogens is 290 g/mol. The van der Waals surface area contributed by atoms with Gasteiger partial charge in [0.15, 0.2) is 0 Å². The third-order valence-corrected chi connectivity index (χ3v) is 4.92. The average Bonchev–Trinajstić information content (AvgIpc) is 2.48. The molecule has 1 unspecified atom stereocenters. The van der Waals surface area contributed by atoms with Crippen LogP contribution in [0.15, 0.2) is 29.2 Å². The van der Waals surface area contributed by atoms with Crippen molar-refractivity contribution in [1.82, 2.24) is 5.32 Å². The molecule has 1 aliphatic carbocycles. The van der Waals surface area contributed by atoms with Gasteiger partial charge in [-0.25, -0.2) is 4.79 Å². The van der Waals surface area contributed by atoms with Crippen molar-refractivity contribution in [1.29, 1.82) is 0 Å². The highest BCUT2D eigenvalue weighted by molar-refractivity contribution is 7.85. The maximum Gasteiger partial charge on any atom is 0.335 e. The molecule has 1 aliphatic rings. The molecule has 0 bridgehead atoms. The average molecular weight is 309 g/mol. The standard InChI is InChI=1S/C15H19NO4S/c17-14(16-12-4-2-1-3-5-12)10-21(20)13-8-6-11(7-9-13)15(18)19/h6-9,12H,1-5,10H2,(H,16,17)(H,18,19). The molecule has 2 N–H and O–H groups in total. The van der Waals surface area contributed by atoms with Crippen LogP contribution in [0.2, 0.25) is 0 Å². The molecule has 1 atom stereocenters. The Bertz CT molecular complexity index is 535. The molecule has 0 aliphatic heterocycles. The van der Waals surface area contributed by atoms with Gasteiger partial charge in [-0.1, -0.05) is 19.3 Å². The molecule has 1 fully saturated rings. The fourth-order valence-corrected chi connectivity index (χ4v) is 3.40. The topological polar surface area (TPSA) is 83.5 Å². The first kappa shape index (κ1) is 15.7. The molecule has 114 valence electrons. The van der Waals surface area contributed by atoms with E-state index in [2.05, 4.69) is 5.32 Å². The smallest absolute Gasteiger partial charge is 0.335 e. The molecule has 5 nitrogen and oxygen atoms in total. The van der Waals surface area contributed by atoms with E-state index in [1.807, 2.05) is 0 Å². The van der Waals surface area contributed by atoms with Crippen LogP contribution in [-0.4, -0.2) is 33.0 Å². The van der Waals surface area contributed by atoms with Gasteiger partial charge in [0.25, 0.3) is 0 Å². The predicted octanol–water partition coefficient (Wildman–Crippen LogP) is 1.94. The van der Waals surface area contributed by atoms with E-state index in [-0.39, 0.29) is 23.3 Å². The first-order valence-corrected chi connectivity index (χ1v) is 8.39. The maximum absolute atomic E-state index is 12.1.